The van der Waals surface area contributed by atoms with Gasteiger partial charge < -0.3 is 10.2 Å². The molecule has 7 heteroatoms. The molecule has 1 saturated heterocycles. The largest absolute Gasteiger partial charge is 0.338 e. The van der Waals surface area contributed by atoms with Crippen molar-refractivity contribution in [3.05, 3.63) is 76.7 Å². The second-order valence-electron chi connectivity index (χ2n) is 8.79. The lowest BCUT2D eigenvalue weighted by Crippen LogP contribution is -2.41. The Labute approximate surface area is 200 Å². The second-order valence-corrected chi connectivity index (χ2v) is 9.73. The number of aromatic nitrogens is 2. The fraction of sp³-hybridized carbons (Fsp3) is 0.222. The first-order valence-corrected chi connectivity index (χ1v) is 12.4. The highest BCUT2D eigenvalue weighted by atomic mass is 32.1. The van der Waals surface area contributed by atoms with E-state index < -0.39 is 0 Å². The molecule has 1 aliphatic rings. The Bertz CT molecular complexity index is 1550. The first-order chi connectivity index (χ1) is 16.6. The van der Waals surface area contributed by atoms with Crippen molar-refractivity contribution in [3.8, 4) is 0 Å². The summed E-state index contributed by atoms with van der Waals surface area (Å²) in [5.41, 5.74) is 3.74. The van der Waals surface area contributed by atoms with Crippen molar-refractivity contribution in [1.82, 2.24) is 14.3 Å². The van der Waals surface area contributed by atoms with Crippen LogP contribution < -0.4 is 5.32 Å². The topological polar surface area (TPSA) is 66.7 Å². The van der Waals surface area contributed by atoms with Gasteiger partial charge in [-0.3, -0.25) is 14.0 Å². The standard InChI is InChI=1S/C27H24N4O2S/c1-17-28-21-9-4-2-7-19(21)25-24(20-8-3-5-10-22(20)31(17)25)29-26(32)18-12-14-30(15-13-18)27(33)23-11-6-16-34-23/h2-11,16,18H,12-15H2,1H3,(H,29,32). The number of fused-ring (bicyclic) bond motifs is 5. The van der Waals surface area contributed by atoms with Gasteiger partial charge in [-0.05, 0) is 43.3 Å². The van der Waals surface area contributed by atoms with Crippen LogP contribution in [0.15, 0.2) is 66.0 Å². The number of amides is 2. The fourth-order valence-corrected chi connectivity index (χ4v) is 5.77. The van der Waals surface area contributed by atoms with E-state index in [1.165, 1.54) is 11.3 Å². The predicted octanol–water partition coefficient (Wildman–Crippen LogP) is 5.50. The monoisotopic (exact) mass is 468 g/mol. The number of carbonyl (C=O) groups excluding carboxylic acids is 2. The van der Waals surface area contributed by atoms with Gasteiger partial charge >= 0.3 is 0 Å². The average Bonchev–Trinajstić information content (AvgIpc) is 3.52. The van der Waals surface area contributed by atoms with Crippen molar-refractivity contribution >= 4 is 56.2 Å². The van der Waals surface area contributed by atoms with Gasteiger partial charge in [0.05, 0.1) is 27.1 Å². The van der Waals surface area contributed by atoms with Crippen LogP contribution in [0.4, 0.5) is 5.69 Å². The quantitative estimate of drug-likeness (QED) is 0.380. The number of para-hydroxylation sites is 2. The van der Waals surface area contributed by atoms with E-state index in [-0.39, 0.29) is 17.7 Å². The van der Waals surface area contributed by atoms with Gasteiger partial charge in [0.1, 0.15) is 5.82 Å². The molecule has 2 aromatic carbocycles. The molecule has 1 fully saturated rings. The highest BCUT2D eigenvalue weighted by Crippen LogP contribution is 2.37. The number of hydrogen-bond acceptors (Lipinski definition) is 4. The summed E-state index contributed by atoms with van der Waals surface area (Å²) in [6.45, 7) is 3.19. The number of anilines is 1. The number of nitrogens with one attached hydrogen (secondary N) is 1. The molecule has 0 bridgehead atoms. The summed E-state index contributed by atoms with van der Waals surface area (Å²) in [6.07, 6.45) is 1.32. The molecule has 0 saturated carbocycles. The molecule has 1 N–H and O–H groups in total. The van der Waals surface area contributed by atoms with Gasteiger partial charge in [0.15, 0.2) is 0 Å². The highest BCUT2D eigenvalue weighted by Gasteiger charge is 2.29. The minimum absolute atomic E-state index is 0.0139. The van der Waals surface area contributed by atoms with Gasteiger partial charge in [-0.15, -0.1) is 11.3 Å². The minimum atomic E-state index is -0.129. The molecule has 2 amide bonds. The number of piperidine rings is 1. The van der Waals surface area contributed by atoms with Crippen molar-refractivity contribution in [2.45, 2.75) is 19.8 Å². The molecule has 0 aliphatic carbocycles. The van der Waals surface area contributed by atoms with Crippen LogP contribution in [-0.4, -0.2) is 39.2 Å². The van der Waals surface area contributed by atoms with Crippen LogP contribution in [0.3, 0.4) is 0 Å². The number of benzene rings is 2. The summed E-state index contributed by atoms with van der Waals surface area (Å²) in [6, 6.07) is 19.9. The van der Waals surface area contributed by atoms with Gasteiger partial charge in [0.2, 0.25) is 5.91 Å². The first kappa shape index (κ1) is 20.9. The van der Waals surface area contributed by atoms with E-state index in [1.54, 1.807) is 0 Å². The number of likely N-dealkylation sites (tertiary alicyclic amines) is 1. The Morgan fingerprint density at radius 1 is 0.971 bits per heavy atom. The SMILES string of the molecule is Cc1nc2ccccc2c2c(NC(=O)C3CCN(C(=O)c4cccs4)CC3)c3ccccc3n12. The van der Waals surface area contributed by atoms with Gasteiger partial charge in [-0.1, -0.05) is 42.5 Å². The van der Waals surface area contributed by atoms with Gasteiger partial charge in [-0.2, -0.15) is 0 Å². The van der Waals surface area contributed by atoms with Crippen LogP contribution in [0, 0.1) is 12.8 Å². The Balaban J connectivity index is 1.33. The Hall–Kier alpha value is -3.71. The Kier molecular flexibility index (Phi) is 5.07. The lowest BCUT2D eigenvalue weighted by atomic mass is 9.95. The van der Waals surface area contributed by atoms with E-state index >= 15 is 0 Å². The van der Waals surface area contributed by atoms with Crippen LogP contribution >= 0.6 is 11.3 Å². The summed E-state index contributed by atoms with van der Waals surface area (Å²) in [4.78, 5) is 33.5. The zero-order valence-corrected chi connectivity index (χ0v) is 19.6. The van der Waals surface area contributed by atoms with E-state index in [4.69, 9.17) is 4.98 Å². The molecule has 34 heavy (non-hydrogen) atoms. The molecule has 170 valence electrons. The Morgan fingerprint density at radius 2 is 1.71 bits per heavy atom. The maximum atomic E-state index is 13.4. The molecule has 0 atom stereocenters. The van der Waals surface area contributed by atoms with Crippen molar-refractivity contribution < 1.29 is 9.59 Å². The maximum Gasteiger partial charge on any atom is 0.263 e. The molecule has 0 spiro atoms. The molecule has 6 nitrogen and oxygen atoms in total. The molecular weight excluding hydrogens is 444 g/mol. The maximum absolute atomic E-state index is 13.4. The third kappa shape index (κ3) is 3.35. The van der Waals surface area contributed by atoms with E-state index in [1.807, 2.05) is 59.7 Å². The third-order valence-corrected chi connectivity index (χ3v) is 7.63. The number of thiophene rings is 1. The van der Waals surface area contributed by atoms with Crippen LogP contribution in [0.2, 0.25) is 0 Å². The molecular formula is C27H24N4O2S. The predicted molar refractivity (Wildman–Crippen MR) is 137 cm³/mol. The first-order valence-electron chi connectivity index (χ1n) is 11.5. The highest BCUT2D eigenvalue weighted by molar-refractivity contribution is 7.12. The normalized spacial score (nSPS) is 14.8. The number of hydrogen-bond donors (Lipinski definition) is 1. The summed E-state index contributed by atoms with van der Waals surface area (Å²) in [7, 11) is 0. The molecule has 3 aromatic heterocycles. The fourth-order valence-electron chi connectivity index (χ4n) is 5.08. The summed E-state index contributed by atoms with van der Waals surface area (Å²) < 4.78 is 2.13. The minimum Gasteiger partial charge on any atom is -0.338 e. The van der Waals surface area contributed by atoms with Gasteiger partial charge in [-0.25, -0.2) is 4.98 Å². The number of rotatable bonds is 3. The second kappa shape index (κ2) is 8.25. The van der Waals surface area contributed by atoms with Crippen LogP contribution in [0.25, 0.3) is 27.3 Å². The Morgan fingerprint density at radius 3 is 2.47 bits per heavy atom. The summed E-state index contributed by atoms with van der Waals surface area (Å²) in [5, 5.41) is 7.21. The molecule has 4 heterocycles. The zero-order chi connectivity index (χ0) is 23.2. The number of nitrogens with zero attached hydrogens (tertiary/aromatic N) is 3. The lowest BCUT2D eigenvalue weighted by Gasteiger charge is -2.31. The summed E-state index contributed by atoms with van der Waals surface area (Å²) in [5.74, 6) is 0.828. The van der Waals surface area contributed by atoms with Crippen LogP contribution in [0.5, 0.6) is 0 Å². The molecule has 6 rings (SSSR count). The average molecular weight is 469 g/mol. The van der Waals surface area contributed by atoms with Crippen molar-refractivity contribution in [1.29, 1.82) is 0 Å². The number of carbonyl (C=O) groups is 2. The number of aryl methyl sites for hydroxylation is 1. The lowest BCUT2D eigenvalue weighted by molar-refractivity contribution is -0.121. The van der Waals surface area contributed by atoms with Crippen LogP contribution in [0.1, 0.15) is 28.3 Å². The van der Waals surface area contributed by atoms with Gasteiger partial charge in [0.25, 0.3) is 5.91 Å². The molecule has 0 unspecified atom stereocenters. The van der Waals surface area contributed by atoms with Crippen molar-refractivity contribution in [3.63, 3.8) is 0 Å². The van der Waals surface area contributed by atoms with E-state index in [0.717, 1.165) is 43.7 Å². The van der Waals surface area contributed by atoms with E-state index in [2.05, 4.69) is 27.9 Å². The molecule has 1 aliphatic heterocycles. The smallest absolute Gasteiger partial charge is 0.263 e. The van der Waals surface area contributed by atoms with E-state index in [0.29, 0.717) is 25.9 Å². The molecule has 0 radical (unpaired) electrons. The van der Waals surface area contributed by atoms with E-state index in [9.17, 15) is 9.59 Å². The zero-order valence-electron chi connectivity index (χ0n) is 18.8. The van der Waals surface area contributed by atoms with Crippen molar-refractivity contribution in [2.75, 3.05) is 18.4 Å². The van der Waals surface area contributed by atoms with Crippen LogP contribution in [-0.2, 0) is 4.79 Å². The van der Waals surface area contributed by atoms with Gasteiger partial charge in [0, 0.05) is 29.8 Å². The van der Waals surface area contributed by atoms with Crippen molar-refractivity contribution in [2.24, 2.45) is 5.92 Å². The molecule has 5 aromatic rings. The third-order valence-electron chi connectivity index (χ3n) is 6.77. The summed E-state index contributed by atoms with van der Waals surface area (Å²) >= 11 is 1.46.